The van der Waals surface area contributed by atoms with Crippen molar-refractivity contribution in [2.45, 2.75) is 39.5 Å². The van der Waals surface area contributed by atoms with Crippen molar-refractivity contribution in [3.05, 3.63) is 46.5 Å². The lowest BCUT2D eigenvalue weighted by atomic mass is 10.0. The zero-order valence-corrected chi connectivity index (χ0v) is 11.8. The van der Waals surface area contributed by atoms with Crippen LogP contribution in [0.15, 0.2) is 24.3 Å². The number of carboxylic acid groups (broad SMARTS) is 2. The van der Waals surface area contributed by atoms with Crippen LogP contribution in [0.25, 0.3) is 0 Å². The average molecular weight is 276 g/mol. The minimum absolute atomic E-state index is 0.146. The third-order valence-corrected chi connectivity index (χ3v) is 3.19. The van der Waals surface area contributed by atoms with E-state index in [0.717, 1.165) is 0 Å². The summed E-state index contributed by atoms with van der Waals surface area (Å²) >= 11 is 0. The molecule has 0 amide bonds. The summed E-state index contributed by atoms with van der Waals surface area (Å²) in [7, 11) is 0. The minimum Gasteiger partial charge on any atom is -0.478 e. The number of aryl methyl sites for hydroxylation is 2. The first kappa shape index (κ1) is 16.0. The zero-order valence-electron chi connectivity index (χ0n) is 11.8. The van der Waals surface area contributed by atoms with Crippen LogP contribution in [0.3, 0.4) is 0 Å². The molecule has 0 bridgehead atoms. The third kappa shape index (κ3) is 4.53. The van der Waals surface area contributed by atoms with Gasteiger partial charge in [0.2, 0.25) is 0 Å². The highest BCUT2D eigenvalue weighted by molar-refractivity contribution is 5.94. The fraction of sp³-hybridized carbons (Fsp3) is 0.375. The molecule has 0 aromatic heterocycles. The van der Waals surface area contributed by atoms with Crippen LogP contribution in [-0.2, 0) is 0 Å². The molecule has 0 aliphatic heterocycles. The van der Waals surface area contributed by atoms with E-state index >= 15 is 0 Å². The van der Waals surface area contributed by atoms with Crippen molar-refractivity contribution in [3.8, 4) is 0 Å². The van der Waals surface area contributed by atoms with E-state index < -0.39 is 11.9 Å². The second-order valence-corrected chi connectivity index (χ2v) is 4.85. The Labute approximate surface area is 118 Å². The number of carboxylic acids is 2. The van der Waals surface area contributed by atoms with Crippen LogP contribution in [0.2, 0.25) is 0 Å². The maximum atomic E-state index is 10.7. The first-order valence-corrected chi connectivity index (χ1v) is 6.66. The van der Waals surface area contributed by atoms with E-state index in [2.05, 4.69) is 12.2 Å². The topological polar surface area (TPSA) is 74.6 Å². The smallest absolute Gasteiger partial charge is 0.335 e. The van der Waals surface area contributed by atoms with Crippen molar-refractivity contribution < 1.29 is 19.8 Å². The molecular weight excluding hydrogens is 256 g/mol. The Bertz CT molecular complexity index is 482. The number of carbonyl (C=O) groups is 2. The zero-order chi connectivity index (χ0) is 15.1. The van der Waals surface area contributed by atoms with E-state index in [1.54, 1.807) is 13.8 Å². The van der Waals surface area contributed by atoms with Gasteiger partial charge in [-0.25, -0.2) is 9.59 Å². The molecule has 0 atom stereocenters. The predicted octanol–water partition coefficient (Wildman–Crippen LogP) is 3.82. The van der Waals surface area contributed by atoms with Crippen LogP contribution in [0, 0.1) is 13.8 Å². The highest BCUT2D eigenvalue weighted by Gasteiger charge is 2.13. The molecule has 20 heavy (non-hydrogen) atoms. The largest absolute Gasteiger partial charge is 0.478 e. The van der Waals surface area contributed by atoms with Crippen LogP contribution in [0.1, 0.15) is 57.5 Å². The first-order valence-electron chi connectivity index (χ1n) is 6.66. The van der Waals surface area contributed by atoms with E-state index in [9.17, 15) is 9.59 Å². The number of hydrogen-bond donors (Lipinski definition) is 2. The van der Waals surface area contributed by atoms with Gasteiger partial charge in [-0.05, 0) is 62.8 Å². The molecule has 0 heterocycles. The minimum atomic E-state index is -1.04. The maximum Gasteiger partial charge on any atom is 0.335 e. The molecule has 108 valence electrons. The van der Waals surface area contributed by atoms with Crippen LogP contribution in [0.4, 0.5) is 0 Å². The molecular formula is C16H20O4. The van der Waals surface area contributed by atoms with Gasteiger partial charge in [-0.2, -0.15) is 0 Å². The molecule has 1 aromatic carbocycles. The SMILES string of the molecule is C1=CCCCC1.Cc1cc(C(=O)O)c(C)cc1C(=O)O. The number of aromatic carboxylic acids is 2. The predicted molar refractivity (Wildman–Crippen MR) is 77.4 cm³/mol. The fourth-order valence-corrected chi connectivity index (χ4v) is 2.04. The Hall–Kier alpha value is -2.10. The van der Waals surface area contributed by atoms with Gasteiger partial charge < -0.3 is 10.2 Å². The van der Waals surface area contributed by atoms with E-state index in [1.165, 1.54) is 37.8 Å². The van der Waals surface area contributed by atoms with Crippen LogP contribution >= 0.6 is 0 Å². The van der Waals surface area contributed by atoms with E-state index in [0.29, 0.717) is 11.1 Å². The second kappa shape index (κ2) is 7.48. The van der Waals surface area contributed by atoms with Gasteiger partial charge in [0.05, 0.1) is 11.1 Å². The van der Waals surface area contributed by atoms with Gasteiger partial charge in [-0.15, -0.1) is 0 Å². The van der Waals surface area contributed by atoms with Crippen molar-refractivity contribution in [1.29, 1.82) is 0 Å². The lowest BCUT2D eigenvalue weighted by molar-refractivity contribution is 0.0679. The number of hydrogen-bond acceptors (Lipinski definition) is 2. The Morgan fingerprint density at radius 1 is 0.850 bits per heavy atom. The van der Waals surface area contributed by atoms with Crippen molar-refractivity contribution in [2.24, 2.45) is 0 Å². The molecule has 2 N–H and O–H groups in total. The van der Waals surface area contributed by atoms with Gasteiger partial charge in [0.25, 0.3) is 0 Å². The van der Waals surface area contributed by atoms with Gasteiger partial charge in [0.1, 0.15) is 0 Å². The average Bonchev–Trinajstić information content (AvgIpc) is 2.43. The van der Waals surface area contributed by atoms with E-state index in [-0.39, 0.29) is 11.1 Å². The summed E-state index contributed by atoms with van der Waals surface area (Å²) in [6.45, 7) is 3.16. The Morgan fingerprint density at radius 3 is 1.40 bits per heavy atom. The molecule has 0 fully saturated rings. The van der Waals surface area contributed by atoms with Crippen molar-refractivity contribution in [3.63, 3.8) is 0 Å². The molecule has 1 aliphatic rings. The van der Waals surface area contributed by atoms with E-state index in [1.807, 2.05) is 0 Å². The molecule has 4 nitrogen and oxygen atoms in total. The van der Waals surface area contributed by atoms with E-state index in [4.69, 9.17) is 10.2 Å². The molecule has 0 saturated carbocycles. The van der Waals surface area contributed by atoms with Gasteiger partial charge in [0, 0.05) is 0 Å². The standard InChI is InChI=1S/C10H10O4.C6H10/c1-5-3-8(10(13)14)6(2)4-7(5)9(11)12;1-2-4-6-5-3-1/h3-4H,1-2H3,(H,11,12)(H,13,14);1-2H,3-6H2. The van der Waals surface area contributed by atoms with Crippen molar-refractivity contribution in [2.75, 3.05) is 0 Å². The number of allylic oxidation sites excluding steroid dienone is 2. The number of benzene rings is 1. The fourth-order valence-electron chi connectivity index (χ4n) is 2.04. The Morgan fingerprint density at radius 2 is 1.20 bits per heavy atom. The summed E-state index contributed by atoms with van der Waals surface area (Å²) in [6.07, 6.45) is 10.0. The maximum absolute atomic E-state index is 10.7. The van der Waals surface area contributed by atoms with Gasteiger partial charge >= 0.3 is 11.9 Å². The van der Waals surface area contributed by atoms with Gasteiger partial charge in [-0.3, -0.25) is 0 Å². The van der Waals surface area contributed by atoms with Crippen LogP contribution in [0.5, 0.6) is 0 Å². The monoisotopic (exact) mass is 276 g/mol. The van der Waals surface area contributed by atoms with Crippen molar-refractivity contribution in [1.82, 2.24) is 0 Å². The molecule has 1 aromatic rings. The molecule has 0 radical (unpaired) electrons. The van der Waals surface area contributed by atoms with Gasteiger partial charge in [0.15, 0.2) is 0 Å². The summed E-state index contributed by atoms with van der Waals surface area (Å²) in [4.78, 5) is 21.4. The quantitative estimate of drug-likeness (QED) is 0.805. The molecule has 0 unspecified atom stereocenters. The summed E-state index contributed by atoms with van der Waals surface area (Å²) in [5, 5.41) is 17.5. The summed E-state index contributed by atoms with van der Waals surface area (Å²) in [5.74, 6) is -2.08. The summed E-state index contributed by atoms with van der Waals surface area (Å²) in [6, 6.07) is 2.75. The van der Waals surface area contributed by atoms with Crippen LogP contribution in [-0.4, -0.2) is 22.2 Å². The lowest BCUT2D eigenvalue weighted by Gasteiger charge is -2.05. The molecule has 0 saturated heterocycles. The molecule has 0 spiro atoms. The lowest BCUT2D eigenvalue weighted by Crippen LogP contribution is -2.06. The molecule has 4 heteroatoms. The number of rotatable bonds is 2. The molecule has 1 aliphatic carbocycles. The summed E-state index contributed by atoms with van der Waals surface area (Å²) in [5.41, 5.74) is 1.21. The normalized spacial score (nSPS) is 13.3. The Balaban J connectivity index is 0.000000276. The molecule has 2 rings (SSSR count). The van der Waals surface area contributed by atoms with Crippen LogP contribution < -0.4 is 0 Å². The highest BCUT2D eigenvalue weighted by Crippen LogP contribution is 2.16. The second-order valence-electron chi connectivity index (χ2n) is 4.85. The third-order valence-electron chi connectivity index (χ3n) is 3.19. The van der Waals surface area contributed by atoms with Crippen molar-refractivity contribution >= 4 is 11.9 Å². The first-order chi connectivity index (χ1) is 9.43. The summed E-state index contributed by atoms with van der Waals surface area (Å²) < 4.78 is 0. The van der Waals surface area contributed by atoms with Gasteiger partial charge in [-0.1, -0.05) is 12.2 Å². The Kier molecular flexibility index (Phi) is 5.97. The highest BCUT2D eigenvalue weighted by atomic mass is 16.4.